The van der Waals surface area contributed by atoms with Crippen molar-refractivity contribution in [3.8, 4) is 11.4 Å². The smallest absolute Gasteiger partial charge is 0.416 e. The van der Waals surface area contributed by atoms with E-state index in [0.29, 0.717) is 17.0 Å². The van der Waals surface area contributed by atoms with Gasteiger partial charge >= 0.3 is 12.1 Å². The summed E-state index contributed by atoms with van der Waals surface area (Å²) in [6, 6.07) is 14.3. The highest BCUT2D eigenvalue weighted by atomic mass is 19.4. The van der Waals surface area contributed by atoms with Crippen LogP contribution in [0.3, 0.4) is 0 Å². The maximum absolute atomic E-state index is 13.1. The number of alkyl halides is 3. The molecular formula is C22H14F4N2O3. The van der Waals surface area contributed by atoms with Gasteiger partial charge in [0, 0.05) is 5.69 Å². The Kier molecular flexibility index (Phi) is 5.10. The fourth-order valence-electron chi connectivity index (χ4n) is 3.15. The Balaban J connectivity index is 1.82. The monoisotopic (exact) mass is 430 g/mol. The summed E-state index contributed by atoms with van der Waals surface area (Å²) in [5, 5.41) is 9.28. The molecule has 0 aliphatic carbocycles. The second kappa shape index (κ2) is 7.75. The van der Waals surface area contributed by atoms with E-state index in [2.05, 4.69) is 4.98 Å². The topological polar surface area (TPSA) is 64.3 Å². The van der Waals surface area contributed by atoms with E-state index in [-0.39, 0.29) is 23.5 Å². The van der Waals surface area contributed by atoms with Crippen LogP contribution in [0.25, 0.3) is 16.7 Å². The maximum Gasteiger partial charge on any atom is 0.416 e. The van der Waals surface area contributed by atoms with Gasteiger partial charge in [0.1, 0.15) is 18.2 Å². The molecule has 0 spiro atoms. The number of benzene rings is 3. The zero-order chi connectivity index (χ0) is 22.2. The molecule has 5 nitrogen and oxygen atoms in total. The number of carboxylic acids is 1. The van der Waals surface area contributed by atoms with Crippen molar-refractivity contribution in [3.63, 3.8) is 0 Å². The van der Waals surface area contributed by atoms with Crippen molar-refractivity contribution in [2.75, 3.05) is 0 Å². The molecule has 0 amide bonds. The minimum atomic E-state index is -4.54. The molecule has 4 rings (SSSR count). The molecule has 3 aromatic carbocycles. The van der Waals surface area contributed by atoms with Crippen LogP contribution < -0.4 is 4.74 Å². The van der Waals surface area contributed by atoms with Crippen LogP contribution in [0.15, 0.2) is 66.7 Å². The van der Waals surface area contributed by atoms with Gasteiger partial charge in [0.15, 0.2) is 5.82 Å². The molecular weight excluding hydrogens is 416 g/mol. The fourth-order valence-corrected chi connectivity index (χ4v) is 3.15. The number of nitrogens with zero attached hydrogens (tertiary/aromatic N) is 2. The summed E-state index contributed by atoms with van der Waals surface area (Å²) in [6.45, 7) is -0.140. The molecule has 158 valence electrons. The Bertz CT molecular complexity index is 1260. The van der Waals surface area contributed by atoms with Crippen molar-refractivity contribution in [2.24, 2.45) is 0 Å². The van der Waals surface area contributed by atoms with Crippen molar-refractivity contribution in [1.82, 2.24) is 9.55 Å². The minimum absolute atomic E-state index is 0.0108. The number of hydrogen-bond donors (Lipinski definition) is 1. The maximum atomic E-state index is 13.1. The molecule has 31 heavy (non-hydrogen) atoms. The average molecular weight is 430 g/mol. The first-order chi connectivity index (χ1) is 14.7. The first-order valence-electron chi connectivity index (χ1n) is 9.03. The van der Waals surface area contributed by atoms with Gasteiger partial charge in [-0.1, -0.05) is 6.07 Å². The number of aromatic nitrogens is 2. The van der Waals surface area contributed by atoms with Gasteiger partial charge in [-0.2, -0.15) is 13.2 Å². The van der Waals surface area contributed by atoms with E-state index >= 15 is 0 Å². The van der Waals surface area contributed by atoms with E-state index in [1.54, 1.807) is 6.07 Å². The summed E-state index contributed by atoms with van der Waals surface area (Å²) in [5.74, 6) is -0.990. The highest BCUT2D eigenvalue weighted by Gasteiger charge is 2.31. The second-order valence-corrected chi connectivity index (χ2v) is 6.66. The summed E-state index contributed by atoms with van der Waals surface area (Å²) in [4.78, 5) is 15.6. The number of imidazole rings is 1. The lowest BCUT2D eigenvalue weighted by molar-refractivity contribution is -0.137. The molecule has 0 fully saturated rings. The van der Waals surface area contributed by atoms with Gasteiger partial charge in [0.25, 0.3) is 0 Å². The molecule has 0 bridgehead atoms. The molecule has 4 aromatic rings. The lowest BCUT2D eigenvalue weighted by atomic mass is 10.1. The Labute approximate surface area is 173 Å². The van der Waals surface area contributed by atoms with Gasteiger partial charge in [0.05, 0.1) is 22.2 Å². The van der Waals surface area contributed by atoms with Gasteiger partial charge in [-0.25, -0.2) is 14.2 Å². The van der Waals surface area contributed by atoms with Crippen LogP contribution in [0.1, 0.15) is 21.7 Å². The second-order valence-electron chi connectivity index (χ2n) is 6.66. The molecule has 0 saturated carbocycles. The number of aromatic carboxylic acids is 1. The van der Waals surface area contributed by atoms with E-state index in [0.717, 1.165) is 12.1 Å². The third-order valence-electron chi connectivity index (χ3n) is 4.58. The molecule has 1 aromatic heterocycles. The number of hydrogen-bond acceptors (Lipinski definition) is 3. The number of carbonyl (C=O) groups is 1. The van der Waals surface area contributed by atoms with Crippen LogP contribution in [-0.2, 0) is 12.8 Å². The summed E-state index contributed by atoms with van der Waals surface area (Å²) in [5.41, 5.74) is -0.00651. The molecule has 1 heterocycles. The zero-order valence-electron chi connectivity index (χ0n) is 15.7. The quantitative estimate of drug-likeness (QED) is 0.427. The predicted molar refractivity (Wildman–Crippen MR) is 104 cm³/mol. The van der Waals surface area contributed by atoms with Crippen LogP contribution in [0.2, 0.25) is 0 Å². The first kappa shape index (κ1) is 20.4. The van der Waals surface area contributed by atoms with Gasteiger partial charge in [-0.05, 0) is 60.7 Å². The summed E-state index contributed by atoms with van der Waals surface area (Å²) >= 11 is 0. The SMILES string of the molecule is O=C(O)c1cccc(-n2c(COc3ccc(F)cc3)nc3cc(C(F)(F)F)ccc32)c1. The van der Waals surface area contributed by atoms with Crippen LogP contribution in [0.5, 0.6) is 5.75 Å². The molecule has 0 aliphatic heterocycles. The van der Waals surface area contributed by atoms with Crippen molar-refractivity contribution in [1.29, 1.82) is 0 Å². The molecule has 1 N–H and O–H groups in total. The largest absolute Gasteiger partial charge is 0.486 e. The van der Waals surface area contributed by atoms with E-state index in [1.807, 2.05) is 0 Å². The summed E-state index contributed by atoms with van der Waals surface area (Å²) in [6.07, 6.45) is -4.54. The predicted octanol–water partition coefficient (Wildman–Crippen LogP) is 5.46. The minimum Gasteiger partial charge on any atom is -0.486 e. The van der Waals surface area contributed by atoms with Crippen LogP contribution in [0, 0.1) is 5.82 Å². The van der Waals surface area contributed by atoms with Crippen molar-refractivity contribution in [3.05, 3.63) is 89.5 Å². The first-order valence-corrected chi connectivity index (χ1v) is 9.03. The molecule has 9 heteroatoms. The van der Waals surface area contributed by atoms with Crippen molar-refractivity contribution < 1.29 is 32.2 Å². The highest BCUT2D eigenvalue weighted by molar-refractivity contribution is 5.88. The number of rotatable bonds is 5. The normalized spacial score (nSPS) is 11.6. The van der Waals surface area contributed by atoms with Gasteiger partial charge in [0.2, 0.25) is 0 Å². The van der Waals surface area contributed by atoms with Crippen LogP contribution in [0.4, 0.5) is 17.6 Å². The number of ether oxygens (including phenoxy) is 1. The third kappa shape index (κ3) is 4.20. The Morgan fingerprint density at radius 2 is 1.77 bits per heavy atom. The van der Waals surface area contributed by atoms with E-state index < -0.39 is 23.5 Å². The van der Waals surface area contributed by atoms with Gasteiger partial charge in [-0.15, -0.1) is 0 Å². The number of carboxylic acid groups (broad SMARTS) is 1. The number of fused-ring (bicyclic) bond motifs is 1. The highest BCUT2D eigenvalue weighted by Crippen LogP contribution is 2.32. The molecule has 0 unspecified atom stereocenters. The van der Waals surface area contributed by atoms with E-state index in [9.17, 15) is 27.5 Å². The number of halogens is 4. The molecule has 0 aliphatic rings. The van der Waals surface area contributed by atoms with Crippen molar-refractivity contribution in [2.45, 2.75) is 12.8 Å². The Morgan fingerprint density at radius 3 is 2.45 bits per heavy atom. The average Bonchev–Trinajstić information content (AvgIpc) is 3.10. The zero-order valence-corrected chi connectivity index (χ0v) is 15.7. The van der Waals surface area contributed by atoms with Crippen LogP contribution in [-0.4, -0.2) is 20.6 Å². The van der Waals surface area contributed by atoms with Gasteiger partial charge in [-0.3, -0.25) is 4.57 Å². The van der Waals surface area contributed by atoms with Crippen molar-refractivity contribution >= 4 is 17.0 Å². The molecule has 0 atom stereocenters. The summed E-state index contributed by atoms with van der Waals surface area (Å²) < 4.78 is 59.7. The van der Waals surface area contributed by atoms with E-state index in [4.69, 9.17) is 4.74 Å². The fraction of sp³-hybridized carbons (Fsp3) is 0.0909. The van der Waals surface area contributed by atoms with E-state index in [1.165, 1.54) is 53.1 Å². The van der Waals surface area contributed by atoms with Gasteiger partial charge < -0.3 is 9.84 Å². The lowest BCUT2D eigenvalue weighted by Crippen LogP contribution is -2.07. The third-order valence-corrected chi connectivity index (χ3v) is 4.58. The summed E-state index contributed by atoms with van der Waals surface area (Å²) in [7, 11) is 0. The Morgan fingerprint density at radius 1 is 1.03 bits per heavy atom. The Hall–Kier alpha value is -3.88. The molecule has 0 saturated heterocycles. The van der Waals surface area contributed by atoms with Crippen LogP contribution >= 0.6 is 0 Å². The molecule has 0 radical (unpaired) electrons. The standard InChI is InChI=1S/C22H14F4N2O3/c23-15-5-7-17(8-6-15)31-12-20-27-18-11-14(22(24,25)26)4-9-19(18)28(20)16-3-1-2-13(10-16)21(29)30/h1-11H,12H2,(H,29,30). The lowest BCUT2D eigenvalue weighted by Gasteiger charge is -2.12.